The summed E-state index contributed by atoms with van der Waals surface area (Å²) in [5.41, 5.74) is 0.609. The number of carbonyl (C=O) groups excluding carboxylic acids is 1. The summed E-state index contributed by atoms with van der Waals surface area (Å²) in [6.07, 6.45) is 0.185. The standard InChI is InChI=1S/C22H27F3N4O3/c1-31-17-9-8-13(10-18(17)32-2)15-11-19(22(23,24)25)29-20(27-15)12-16(28-29)21(30)26-14-6-4-3-5-7-14/h8-10,12,14-15,19,27H,3-7,11H2,1-2H3,(H,26,30). The van der Waals surface area contributed by atoms with Gasteiger partial charge >= 0.3 is 6.18 Å². The van der Waals surface area contributed by atoms with Crippen LogP contribution in [0.5, 0.6) is 11.5 Å². The molecule has 174 valence electrons. The fourth-order valence-corrected chi connectivity index (χ4v) is 4.48. The third-order valence-corrected chi connectivity index (χ3v) is 6.17. The molecular formula is C22H27F3N4O3. The number of ether oxygens (including phenoxy) is 2. The maximum atomic E-state index is 13.9. The molecule has 1 aromatic carbocycles. The van der Waals surface area contributed by atoms with Gasteiger partial charge in [0.25, 0.3) is 5.91 Å². The number of nitrogens with one attached hydrogen (secondary N) is 2. The van der Waals surface area contributed by atoms with E-state index < -0.39 is 24.2 Å². The molecule has 1 fully saturated rings. The Balaban J connectivity index is 1.61. The van der Waals surface area contributed by atoms with Gasteiger partial charge in [0.15, 0.2) is 23.2 Å². The highest BCUT2D eigenvalue weighted by Gasteiger charge is 2.47. The van der Waals surface area contributed by atoms with Crippen LogP contribution in [-0.2, 0) is 0 Å². The highest BCUT2D eigenvalue weighted by atomic mass is 19.4. The summed E-state index contributed by atoms with van der Waals surface area (Å²) in [7, 11) is 2.97. The Hall–Kier alpha value is -2.91. The molecule has 2 heterocycles. The Labute approximate surface area is 184 Å². The van der Waals surface area contributed by atoms with E-state index in [1.165, 1.54) is 20.3 Å². The number of alkyl halides is 3. The smallest absolute Gasteiger partial charge is 0.410 e. The zero-order valence-electron chi connectivity index (χ0n) is 18.0. The van der Waals surface area contributed by atoms with Crippen molar-refractivity contribution in [3.05, 3.63) is 35.5 Å². The normalized spacial score (nSPS) is 21.4. The molecule has 0 spiro atoms. The predicted molar refractivity (Wildman–Crippen MR) is 112 cm³/mol. The topological polar surface area (TPSA) is 77.4 Å². The van der Waals surface area contributed by atoms with Crippen LogP contribution in [-0.4, -0.2) is 42.1 Å². The van der Waals surface area contributed by atoms with Gasteiger partial charge < -0.3 is 20.1 Å². The molecule has 2 aromatic rings. The molecule has 2 aliphatic rings. The average molecular weight is 452 g/mol. The van der Waals surface area contributed by atoms with Gasteiger partial charge in [-0.3, -0.25) is 4.79 Å². The van der Waals surface area contributed by atoms with Gasteiger partial charge in [0.2, 0.25) is 0 Å². The molecule has 2 atom stereocenters. The second-order valence-electron chi connectivity index (χ2n) is 8.27. The van der Waals surface area contributed by atoms with Crippen LogP contribution in [0.15, 0.2) is 24.3 Å². The first-order valence-electron chi connectivity index (χ1n) is 10.8. The number of carbonyl (C=O) groups is 1. The Morgan fingerprint density at radius 1 is 1.12 bits per heavy atom. The van der Waals surface area contributed by atoms with Crippen molar-refractivity contribution in [3.63, 3.8) is 0 Å². The Bertz CT molecular complexity index is 970. The third kappa shape index (κ3) is 4.49. The molecule has 1 aliphatic heterocycles. The second kappa shape index (κ2) is 8.91. The Morgan fingerprint density at radius 2 is 1.84 bits per heavy atom. The number of fused-ring (bicyclic) bond motifs is 1. The monoisotopic (exact) mass is 452 g/mol. The number of aromatic nitrogens is 2. The molecular weight excluding hydrogens is 425 g/mol. The van der Waals surface area contributed by atoms with E-state index in [0.29, 0.717) is 17.1 Å². The highest BCUT2D eigenvalue weighted by molar-refractivity contribution is 5.93. The molecule has 0 radical (unpaired) electrons. The van der Waals surface area contributed by atoms with Crippen LogP contribution in [0.1, 0.15) is 66.7 Å². The van der Waals surface area contributed by atoms with Crippen molar-refractivity contribution in [3.8, 4) is 11.5 Å². The number of benzene rings is 1. The summed E-state index contributed by atoms with van der Waals surface area (Å²) in [6, 6.07) is 3.97. The minimum Gasteiger partial charge on any atom is -0.493 e. The van der Waals surface area contributed by atoms with Crippen LogP contribution < -0.4 is 20.1 Å². The maximum absolute atomic E-state index is 13.9. The van der Waals surface area contributed by atoms with Crippen molar-refractivity contribution < 1.29 is 27.4 Å². The van der Waals surface area contributed by atoms with Crippen LogP contribution in [0.2, 0.25) is 0 Å². The molecule has 1 saturated carbocycles. The summed E-state index contributed by atoms with van der Waals surface area (Å²) in [5.74, 6) is 0.643. The molecule has 0 saturated heterocycles. The van der Waals surface area contributed by atoms with Gasteiger partial charge in [-0.1, -0.05) is 25.3 Å². The van der Waals surface area contributed by atoms with E-state index in [9.17, 15) is 18.0 Å². The van der Waals surface area contributed by atoms with Crippen LogP contribution in [0.25, 0.3) is 0 Å². The van der Waals surface area contributed by atoms with Crippen LogP contribution in [0.3, 0.4) is 0 Å². The number of hydrogen-bond donors (Lipinski definition) is 2. The van der Waals surface area contributed by atoms with Crippen molar-refractivity contribution in [2.75, 3.05) is 19.5 Å². The first-order chi connectivity index (χ1) is 15.3. The summed E-state index contributed by atoms with van der Waals surface area (Å²) in [4.78, 5) is 12.7. The van der Waals surface area contributed by atoms with Gasteiger partial charge in [0.05, 0.1) is 20.3 Å². The lowest BCUT2D eigenvalue weighted by atomic mass is 9.95. The largest absolute Gasteiger partial charge is 0.493 e. The summed E-state index contributed by atoms with van der Waals surface area (Å²) in [5, 5.41) is 10.1. The van der Waals surface area contributed by atoms with E-state index in [1.54, 1.807) is 18.2 Å². The lowest BCUT2D eigenvalue weighted by molar-refractivity contribution is -0.173. The van der Waals surface area contributed by atoms with Crippen LogP contribution in [0, 0.1) is 0 Å². The van der Waals surface area contributed by atoms with Gasteiger partial charge in [-0.15, -0.1) is 0 Å². The van der Waals surface area contributed by atoms with E-state index in [4.69, 9.17) is 9.47 Å². The summed E-state index contributed by atoms with van der Waals surface area (Å²) in [6.45, 7) is 0. The fraction of sp³-hybridized carbons (Fsp3) is 0.545. The van der Waals surface area contributed by atoms with Crippen molar-refractivity contribution in [1.82, 2.24) is 15.1 Å². The first kappa shape index (κ1) is 22.3. The third-order valence-electron chi connectivity index (χ3n) is 6.17. The molecule has 4 rings (SSSR count). The van der Waals surface area contributed by atoms with Gasteiger partial charge in [0, 0.05) is 18.5 Å². The van der Waals surface area contributed by atoms with Crippen molar-refractivity contribution in [1.29, 1.82) is 0 Å². The van der Waals surface area contributed by atoms with E-state index in [2.05, 4.69) is 15.7 Å². The quantitative estimate of drug-likeness (QED) is 0.692. The Morgan fingerprint density at radius 3 is 2.50 bits per heavy atom. The summed E-state index contributed by atoms with van der Waals surface area (Å²) < 4.78 is 53.2. The number of methoxy groups -OCH3 is 2. The van der Waals surface area contributed by atoms with Crippen molar-refractivity contribution in [2.24, 2.45) is 0 Å². The molecule has 32 heavy (non-hydrogen) atoms. The van der Waals surface area contributed by atoms with Gasteiger partial charge in [0.1, 0.15) is 5.82 Å². The molecule has 1 amide bonds. The van der Waals surface area contributed by atoms with E-state index in [1.807, 2.05) is 0 Å². The van der Waals surface area contributed by atoms with Gasteiger partial charge in [-0.05, 0) is 30.5 Å². The van der Waals surface area contributed by atoms with Gasteiger partial charge in [-0.25, -0.2) is 4.68 Å². The summed E-state index contributed by atoms with van der Waals surface area (Å²) >= 11 is 0. The maximum Gasteiger partial charge on any atom is 0.410 e. The number of rotatable bonds is 5. The molecule has 7 nitrogen and oxygen atoms in total. The lowest BCUT2D eigenvalue weighted by Gasteiger charge is -2.33. The highest BCUT2D eigenvalue weighted by Crippen LogP contribution is 2.44. The average Bonchev–Trinajstić information content (AvgIpc) is 3.22. The van der Waals surface area contributed by atoms with Crippen LogP contribution >= 0.6 is 0 Å². The number of amides is 1. The SMILES string of the molecule is COc1ccc(C2CC(C(F)(F)F)n3nc(C(=O)NC4CCCCC4)cc3N2)cc1OC. The number of anilines is 1. The van der Waals surface area contributed by atoms with Gasteiger partial charge in [-0.2, -0.15) is 18.3 Å². The Kier molecular flexibility index (Phi) is 6.21. The molecule has 1 aliphatic carbocycles. The molecule has 2 N–H and O–H groups in total. The van der Waals surface area contributed by atoms with Crippen molar-refractivity contribution >= 4 is 11.7 Å². The van der Waals surface area contributed by atoms with E-state index in [-0.39, 0.29) is 24.0 Å². The zero-order valence-corrected chi connectivity index (χ0v) is 18.0. The number of halogens is 3. The van der Waals surface area contributed by atoms with E-state index in [0.717, 1.165) is 36.8 Å². The molecule has 10 heteroatoms. The number of hydrogen-bond acceptors (Lipinski definition) is 5. The van der Waals surface area contributed by atoms with E-state index >= 15 is 0 Å². The van der Waals surface area contributed by atoms with Crippen LogP contribution in [0.4, 0.5) is 19.0 Å². The molecule has 1 aromatic heterocycles. The molecule has 0 bridgehead atoms. The minimum atomic E-state index is -4.52. The minimum absolute atomic E-state index is 0.0136. The number of nitrogens with zero attached hydrogens (tertiary/aromatic N) is 2. The first-order valence-corrected chi connectivity index (χ1v) is 10.8. The molecule has 2 unspecified atom stereocenters. The lowest BCUT2D eigenvalue weighted by Crippen LogP contribution is -2.37. The predicted octanol–water partition coefficient (Wildman–Crippen LogP) is 4.62. The van der Waals surface area contributed by atoms with Crippen molar-refractivity contribution in [2.45, 2.75) is 62.8 Å². The second-order valence-corrected chi connectivity index (χ2v) is 8.27. The fourth-order valence-electron chi connectivity index (χ4n) is 4.48. The zero-order chi connectivity index (χ0) is 22.9.